The van der Waals surface area contributed by atoms with Crippen LogP contribution in [0.5, 0.6) is 0 Å². The average molecular weight is 136 g/mol. The molecule has 1 aliphatic rings. The molecule has 0 spiro atoms. The summed E-state index contributed by atoms with van der Waals surface area (Å²) in [4.78, 5) is 0. The molecular weight excluding hydrogens is 124 g/mol. The summed E-state index contributed by atoms with van der Waals surface area (Å²) in [5.74, 6) is 5.63. The molecule has 0 bridgehead atoms. The first-order chi connectivity index (χ1) is 4.84. The highest BCUT2D eigenvalue weighted by Gasteiger charge is 1.97. The van der Waals surface area contributed by atoms with Crippen LogP contribution in [-0.4, -0.2) is 5.01 Å². The second-order valence-corrected chi connectivity index (χ2v) is 2.15. The molecule has 10 heavy (non-hydrogen) atoms. The van der Waals surface area contributed by atoms with Crippen molar-refractivity contribution in [2.75, 3.05) is 0 Å². The molecule has 0 aromatic rings. The van der Waals surface area contributed by atoms with Gasteiger partial charge in [0.25, 0.3) is 0 Å². The number of allylic oxidation sites excluding steroid dienone is 5. The van der Waals surface area contributed by atoms with Crippen LogP contribution in [-0.2, 0) is 0 Å². The number of rotatable bonds is 1. The summed E-state index contributed by atoms with van der Waals surface area (Å²) in [6.45, 7) is 2.08. The summed E-state index contributed by atoms with van der Waals surface area (Å²) in [5.41, 5.74) is 1.13. The van der Waals surface area contributed by atoms with E-state index < -0.39 is 0 Å². The van der Waals surface area contributed by atoms with Gasteiger partial charge in [-0.05, 0) is 18.6 Å². The number of hydrogen-bond donors (Lipinski definition) is 1. The maximum absolute atomic E-state index is 5.63. The third kappa shape index (κ3) is 1.48. The molecule has 2 heteroatoms. The fourth-order valence-electron chi connectivity index (χ4n) is 0.855. The molecular formula is C8H12N2. The van der Waals surface area contributed by atoms with Crippen LogP contribution in [0.4, 0.5) is 0 Å². The van der Waals surface area contributed by atoms with Crippen molar-refractivity contribution in [3.63, 3.8) is 0 Å². The molecule has 0 aliphatic carbocycles. The van der Waals surface area contributed by atoms with Crippen LogP contribution in [0.25, 0.3) is 0 Å². The normalized spacial score (nSPS) is 17.0. The van der Waals surface area contributed by atoms with E-state index in [1.54, 1.807) is 5.01 Å². The number of nitrogens with two attached hydrogens (primary N) is 1. The van der Waals surface area contributed by atoms with Gasteiger partial charge in [0.05, 0.1) is 0 Å². The Balaban J connectivity index is 2.77. The van der Waals surface area contributed by atoms with Gasteiger partial charge in [0, 0.05) is 11.9 Å². The molecule has 0 saturated carbocycles. The van der Waals surface area contributed by atoms with E-state index in [0.717, 1.165) is 12.1 Å². The Bertz CT molecular complexity index is 189. The van der Waals surface area contributed by atoms with Crippen molar-refractivity contribution in [1.82, 2.24) is 5.01 Å². The van der Waals surface area contributed by atoms with Crippen molar-refractivity contribution in [3.05, 3.63) is 36.2 Å². The largest absolute Gasteiger partial charge is 0.291 e. The molecule has 1 rings (SSSR count). The second-order valence-electron chi connectivity index (χ2n) is 2.15. The third-order valence-electron chi connectivity index (χ3n) is 1.45. The summed E-state index contributed by atoms with van der Waals surface area (Å²) in [5, 5.41) is 1.64. The Labute approximate surface area is 61.3 Å². The lowest BCUT2D eigenvalue weighted by Gasteiger charge is -2.14. The summed E-state index contributed by atoms with van der Waals surface area (Å²) < 4.78 is 0. The monoisotopic (exact) mass is 136 g/mol. The smallest absolute Gasteiger partial charge is 0.0339 e. The Morgan fingerprint density at radius 2 is 2.20 bits per heavy atom. The van der Waals surface area contributed by atoms with Gasteiger partial charge >= 0.3 is 0 Å². The SMILES string of the molecule is CCC1=CC=CC=CN1N. The highest BCUT2D eigenvalue weighted by Crippen LogP contribution is 2.07. The van der Waals surface area contributed by atoms with Gasteiger partial charge in [0.2, 0.25) is 0 Å². The van der Waals surface area contributed by atoms with E-state index in [1.807, 2.05) is 30.5 Å². The van der Waals surface area contributed by atoms with Crippen molar-refractivity contribution in [2.45, 2.75) is 13.3 Å². The fourth-order valence-corrected chi connectivity index (χ4v) is 0.855. The number of nitrogens with zero attached hydrogens (tertiary/aromatic N) is 1. The lowest BCUT2D eigenvalue weighted by atomic mass is 10.3. The van der Waals surface area contributed by atoms with E-state index in [4.69, 9.17) is 5.84 Å². The molecule has 1 heterocycles. The summed E-state index contributed by atoms with van der Waals surface area (Å²) in [6, 6.07) is 0. The predicted molar refractivity (Wildman–Crippen MR) is 42.7 cm³/mol. The maximum Gasteiger partial charge on any atom is 0.0339 e. The van der Waals surface area contributed by atoms with E-state index in [2.05, 4.69) is 6.92 Å². The van der Waals surface area contributed by atoms with E-state index in [9.17, 15) is 0 Å². The molecule has 0 aromatic carbocycles. The minimum absolute atomic E-state index is 0.963. The van der Waals surface area contributed by atoms with Crippen molar-refractivity contribution in [2.24, 2.45) is 5.84 Å². The minimum atomic E-state index is 0.963. The second kappa shape index (κ2) is 3.22. The molecule has 2 N–H and O–H groups in total. The highest BCUT2D eigenvalue weighted by molar-refractivity contribution is 5.20. The Hall–Kier alpha value is -1.02. The van der Waals surface area contributed by atoms with E-state index in [-0.39, 0.29) is 0 Å². The van der Waals surface area contributed by atoms with Crippen LogP contribution >= 0.6 is 0 Å². The number of hydrogen-bond acceptors (Lipinski definition) is 2. The molecule has 0 amide bonds. The standard InChI is InChI=1S/C8H12N2/c1-2-8-6-4-3-5-7-10(8)9/h3-7H,2,9H2,1H3. The van der Waals surface area contributed by atoms with Crippen LogP contribution < -0.4 is 5.84 Å². The fraction of sp³-hybridized carbons (Fsp3) is 0.250. The van der Waals surface area contributed by atoms with Gasteiger partial charge in [-0.3, -0.25) is 5.01 Å². The van der Waals surface area contributed by atoms with Gasteiger partial charge in [0.1, 0.15) is 0 Å². The predicted octanol–water partition coefficient (Wildman–Crippen LogP) is 1.54. The average Bonchev–Trinajstić information content (AvgIpc) is 2.13. The van der Waals surface area contributed by atoms with Crippen molar-refractivity contribution < 1.29 is 0 Å². The van der Waals surface area contributed by atoms with Gasteiger partial charge in [-0.15, -0.1) is 0 Å². The van der Waals surface area contributed by atoms with Crippen LogP contribution in [0.15, 0.2) is 36.2 Å². The van der Waals surface area contributed by atoms with Gasteiger partial charge in [-0.25, -0.2) is 5.84 Å². The topological polar surface area (TPSA) is 29.3 Å². The summed E-state index contributed by atoms with van der Waals surface area (Å²) in [6.07, 6.45) is 10.7. The molecule has 0 saturated heterocycles. The van der Waals surface area contributed by atoms with Crippen molar-refractivity contribution in [3.8, 4) is 0 Å². The zero-order valence-corrected chi connectivity index (χ0v) is 6.12. The zero-order chi connectivity index (χ0) is 7.40. The van der Waals surface area contributed by atoms with Crippen LogP contribution in [0.1, 0.15) is 13.3 Å². The Kier molecular flexibility index (Phi) is 2.29. The lowest BCUT2D eigenvalue weighted by molar-refractivity contribution is 0.476. The third-order valence-corrected chi connectivity index (χ3v) is 1.45. The van der Waals surface area contributed by atoms with Crippen molar-refractivity contribution >= 4 is 0 Å². The molecule has 0 aromatic heterocycles. The lowest BCUT2D eigenvalue weighted by Crippen LogP contribution is -2.23. The quantitative estimate of drug-likeness (QED) is 0.554. The molecule has 54 valence electrons. The molecule has 0 radical (unpaired) electrons. The first kappa shape index (κ1) is 7.09. The first-order valence-corrected chi connectivity index (χ1v) is 3.42. The number of hydrazine groups is 1. The zero-order valence-electron chi connectivity index (χ0n) is 6.12. The maximum atomic E-state index is 5.63. The van der Waals surface area contributed by atoms with Crippen LogP contribution in [0.2, 0.25) is 0 Å². The van der Waals surface area contributed by atoms with Gasteiger partial charge in [0.15, 0.2) is 0 Å². The van der Waals surface area contributed by atoms with Crippen LogP contribution in [0.3, 0.4) is 0 Å². The summed E-state index contributed by atoms with van der Waals surface area (Å²) in [7, 11) is 0. The van der Waals surface area contributed by atoms with E-state index in [0.29, 0.717) is 0 Å². The molecule has 0 fully saturated rings. The first-order valence-electron chi connectivity index (χ1n) is 3.42. The van der Waals surface area contributed by atoms with Crippen LogP contribution in [0, 0.1) is 0 Å². The van der Waals surface area contributed by atoms with Gasteiger partial charge in [-0.1, -0.05) is 19.1 Å². The van der Waals surface area contributed by atoms with Gasteiger partial charge < -0.3 is 0 Å². The summed E-state index contributed by atoms with van der Waals surface area (Å²) >= 11 is 0. The molecule has 0 atom stereocenters. The Morgan fingerprint density at radius 1 is 1.40 bits per heavy atom. The minimum Gasteiger partial charge on any atom is -0.291 e. The van der Waals surface area contributed by atoms with E-state index in [1.165, 1.54) is 0 Å². The van der Waals surface area contributed by atoms with Crippen molar-refractivity contribution in [1.29, 1.82) is 0 Å². The Morgan fingerprint density at radius 3 is 2.90 bits per heavy atom. The molecule has 2 nitrogen and oxygen atoms in total. The highest BCUT2D eigenvalue weighted by atomic mass is 15.4. The van der Waals surface area contributed by atoms with E-state index >= 15 is 0 Å². The molecule has 1 aliphatic heterocycles. The van der Waals surface area contributed by atoms with Gasteiger partial charge in [-0.2, -0.15) is 0 Å². The molecule has 0 unspecified atom stereocenters.